The van der Waals surface area contributed by atoms with Crippen molar-refractivity contribution in [2.24, 2.45) is 0 Å². The third kappa shape index (κ3) is 3.52. The fourth-order valence-electron chi connectivity index (χ4n) is 1.54. The van der Waals surface area contributed by atoms with Gasteiger partial charge in [-0.05, 0) is 42.0 Å². The molecular weight excluding hydrogens is 269 g/mol. The van der Waals surface area contributed by atoms with E-state index in [4.69, 9.17) is 0 Å². The molecule has 2 aromatic carbocycles. The molecule has 0 aliphatic carbocycles. The molecule has 0 saturated heterocycles. The number of halogens is 1. The van der Waals surface area contributed by atoms with Gasteiger partial charge in [-0.3, -0.25) is 0 Å². The van der Waals surface area contributed by atoms with Crippen molar-refractivity contribution >= 4 is 10.0 Å². The first-order valence-electron chi connectivity index (χ1n) is 5.50. The second-order valence-corrected chi connectivity index (χ2v) is 5.72. The maximum absolute atomic E-state index is 12.7. The summed E-state index contributed by atoms with van der Waals surface area (Å²) >= 11 is 0. The van der Waals surface area contributed by atoms with E-state index in [1.54, 1.807) is 12.1 Å². The summed E-state index contributed by atoms with van der Waals surface area (Å²) < 4.78 is 38.9. The van der Waals surface area contributed by atoms with E-state index >= 15 is 0 Å². The van der Waals surface area contributed by atoms with Crippen LogP contribution in [0.25, 0.3) is 0 Å². The number of phenolic OH excluding ortho intramolecular Hbond substituents is 1. The maximum Gasteiger partial charge on any atom is 0.240 e. The van der Waals surface area contributed by atoms with Crippen LogP contribution < -0.4 is 4.72 Å². The zero-order valence-corrected chi connectivity index (χ0v) is 10.7. The van der Waals surface area contributed by atoms with E-state index in [-0.39, 0.29) is 17.2 Å². The average molecular weight is 281 g/mol. The highest BCUT2D eigenvalue weighted by Crippen LogP contribution is 2.13. The highest BCUT2D eigenvalue weighted by molar-refractivity contribution is 7.89. The number of sulfonamides is 1. The largest absolute Gasteiger partial charge is 0.508 e. The molecule has 0 bridgehead atoms. The van der Waals surface area contributed by atoms with Crippen LogP contribution in [0.1, 0.15) is 5.56 Å². The zero-order valence-electron chi connectivity index (χ0n) is 9.88. The molecule has 6 heteroatoms. The lowest BCUT2D eigenvalue weighted by Crippen LogP contribution is -2.23. The molecule has 100 valence electrons. The molecule has 4 nitrogen and oxygen atoms in total. The summed E-state index contributed by atoms with van der Waals surface area (Å²) in [4.78, 5) is -0.00551. The summed E-state index contributed by atoms with van der Waals surface area (Å²) in [5.41, 5.74) is 0.630. The predicted octanol–water partition coefficient (Wildman–Crippen LogP) is 2.01. The number of hydrogen-bond acceptors (Lipinski definition) is 3. The lowest BCUT2D eigenvalue weighted by molar-refractivity contribution is 0.474. The molecule has 2 N–H and O–H groups in total. The molecule has 0 unspecified atom stereocenters. The molecule has 0 spiro atoms. The Balaban J connectivity index is 2.12. The van der Waals surface area contributed by atoms with E-state index in [0.717, 1.165) is 12.1 Å². The highest BCUT2D eigenvalue weighted by Gasteiger charge is 2.13. The third-order valence-corrected chi connectivity index (χ3v) is 3.92. The first kappa shape index (κ1) is 13.5. The molecular formula is C13H12FNO3S. The van der Waals surface area contributed by atoms with Gasteiger partial charge in [0, 0.05) is 6.54 Å². The summed E-state index contributed by atoms with van der Waals surface area (Å²) in [5.74, 6) is -0.426. The van der Waals surface area contributed by atoms with Crippen LogP contribution in [0.2, 0.25) is 0 Å². The second-order valence-electron chi connectivity index (χ2n) is 3.95. The zero-order chi connectivity index (χ0) is 13.9. The second kappa shape index (κ2) is 5.38. The van der Waals surface area contributed by atoms with Crippen LogP contribution in [0.3, 0.4) is 0 Å². The molecule has 0 fully saturated rings. The number of aromatic hydroxyl groups is 1. The fraction of sp³-hybridized carbons (Fsp3) is 0.0769. The number of rotatable bonds is 4. The topological polar surface area (TPSA) is 66.4 Å². The SMILES string of the molecule is O=S(=O)(NCc1cccc(O)c1)c1ccc(F)cc1. The molecule has 0 heterocycles. The number of phenols is 1. The first-order valence-corrected chi connectivity index (χ1v) is 6.99. The summed E-state index contributed by atoms with van der Waals surface area (Å²) in [6, 6.07) is 10.8. The molecule has 0 atom stereocenters. The average Bonchev–Trinajstić information content (AvgIpc) is 2.37. The lowest BCUT2D eigenvalue weighted by Gasteiger charge is -2.07. The molecule has 0 saturated carbocycles. The Morgan fingerprint density at radius 3 is 2.42 bits per heavy atom. The van der Waals surface area contributed by atoms with Gasteiger partial charge >= 0.3 is 0 Å². The van der Waals surface area contributed by atoms with Gasteiger partial charge in [-0.2, -0.15) is 0 Å². The van der Waals surface area contributed by atoms with Gasteiger partial charge in [0.1, 0.15) is 11.6 Å². The van der Waals surface area contributed by atoms with E-state index in [2.05, 4.69) is 4.72 Å². The van der Waals surface area contributed by atoms with E-state index < -0.39 is 15.8 Å². The minimum atomic E-state index is -3.69. The van der Waals surface area contributed by atoms with E-state index in [1.165, 1.54) is 24.3 Å². The standard InChI is InChI=1S/C13H12FNO3S/c14-11-4-6-13(7-5-11)19(17,18)15-9-10-2-1-3-12(16)8-10/h1-8,15-16H,9H2. The molecule has 2 rings (SSSR count). The van der Waals surface area contributed by atoms with Crippen molar-refractivity contribution in [2.45, 2.75) is 11.4 Å². The van der Waals surface area contributed by atoms with Gasteiger partial charge in [0.15, 0.2) is 0 Å². The van der Waals surface area contributed by atoms with Crippen LogP contribution in [-0.4, -0.2) is 13.5 Å². The van der Waals surface area contributed by atoms with Gasteiger partial charge < -0.3 is 5.11 Å². The Morgan fingerprint density at radius 1 is 1.11 bits per heavy atom. The predicted molar refractivity (Wildman–Crippen MR) is 68.5 cm³/mol. The Hall–Kier alpha value is -1.92. The molecule has 2 aromatic rings. The van der Waals surface area contributed by atoms with Crippen molar-refractivity contribution < 1.29 is 17.9 Å². The summed E-state index contributed by atoms with van der Waals surface area (Å²) in [5, 5.41) is 9.27. The quantitative estimate of drug-likeness (QED) is 0.901. The monoisotopic (exact) mass is 281 g/mol. The molecule has 0 aliphatic heterocycles. The lowest BCUT2D eigenvalue weighted by atomic mass is 10.2. The van der Waals surface area contributed by atoms with E-state index in [1.807, 2.05) is 0 Å². The van der Waals surface area contributed by atoms with Gasteiger partial charge in [-0.1, -0.05) is 12.1 Å². The number of benzene rings is 2. The summed E-state index contributed by atoms with van der Waals surface area (Å²) in [6.07, 6.45) is 0. The van der Waals surface area contributed by atoms with Crippen LogP contribution in [0.4, 0.5) is 4.39 Å². The van der Waals surface area contributed by atoms with Gasteiger partial charge in [0.2, 0.25) is 10.0 Å². The number of nitrogens with one attached hydrogen (secondary N) is 1. The summed E-state index contributed by atoms with van der Waals surface area (Å²) in [7, 11) is -3.69. The van der Waals surface area contributed by atoms with Crippen molar-refractivity contribution in [3.05, 3.63) is 59.9 Å². The maximum atomic E-state index is 12.7. The molecule has 0 aliphatic rings. The normalized spacial score (nSPS) is 11.4. The van der Waals surface area contributed by atoms with Crippen molar-refractivity contribution in [2.75, 3.05) is 0 Å². The van der Waals surface area contributed by atoms with Crippen LogP contribution in [0.5, 0.6) is 5.75 Å². The van der Waals surface area contributed by atoms with Crippen molar-refractivity contribution in [3.8, 4) is 5.75 Å². The minimum absolute atomic E-state index is 0.00551. The Morgan fingerprint density at radius 2 is 1.79 bits per heavy atom. The Labute approximate surface area is 110 Å². The Kier molecular flexibility index (Phi) is 3.82. The highest BCUT2D eigenvalue weighted by atomic mass is 32.2. The van der Waals surface area contributed by atoms with Crippen LogP contribution in [0, 0.1) is 5.82 Å². The van der Waals surface area contributed by atoms with E-state index in [0.29, 0.717) is 5.56 Å². The summed E-state index contributed by atoms with van der Waals surface area (Å²) in [6.45, 7) is 0.0497. The van der Waals surface area contributed by atoms with Crippen molar-refractivity contribution in [1.82, 2.24) is 4.72 Å². The molecule has 19 heavy (non-hydrogen) atoms. The Bertz CT molecular complexity index is 669. The molecule has 0 radical (unpaired) electrons. The van der Waals surface area contributed by atoms with Crippen molar-refractivity contribution in [1.29, 1.82) is 0 Å². The molecule has 0 aromatic heterocycles. The fourth-order valence-corrected chi connectivity index (χ4v) is 2.56. The van der Waals surface area contributed by atoms with Gasteiger partial charge in [0.05, 0.1) is 4.90 Å². The van der Waals surface area contributed by atoms with Crippen molar-refractivity contribution in [3.63, 3.8) is 0 Å². The molecule has 0 amide bonds. The van der Waals surface area contributed by atoms with Crippen LogP contribution in [-0.2, 0) is 16.6 Å². The van der Waals surface area contributed by atoms with Crippen LogP contribution in [0.15, 0.2) is 53.4 Å². The van der Waals surface area contributed by atoms with Gasteiger partial charge in [0.25, 0.3) is 0 Å². The first-order chi connectivity index (χ1) is 8.97. The number of hydrogen-bond donors (Lipinski definition) is 2. The van der Waals surface area contributed by atoms with Gasteiger partial charge in [-0.15, -0.1) is 0 Å². The minimum Gasteiger partial charge on any atom is -0.508 e. The smallest absolute Gasteiger partial charge is 0.240 e. The van der Waals surface area contributed by atoms with E-state index in [9.17, 15) is 17.9 Å². The van der Waals surface area contributed by atoms with Crippen LogP contribution >= 0.6 is 0 Å². The van der Waals surface area contributed by atoms with Gasteiger partial charge in [-0.25, -0.2) is 17.5 Å². The third-order valence-electron chi connectivity index (χ3n) is 2.50.